The van der Waals surface area contributed by atoms with E-state index in [0.29, 0.717) is 29.8 Å². The van der Waals surface area contributed by atoms with E-state index in [0.717, 1.165) is 30.6 Å². The summed E-state index contributed by atoms with van der Waals surface area (Å²) < 4.78 is 10.9. The van der Waals surface area contributed by atoms with Crippen LogP contribution in [0.5, 0.6) is 5.75 Å². The number of aromatic carboxylic acids is 1. The molecule has 3 unspecified atom stereocenters. The predicted molar refractivity (Wildman–Crippen MR) is 107 cm³/mol. The number of hydrogen-bond acceptors (Lipinski definition) is 4. The molecule has 29 heavy (non-hydrogen) atoms. The van der Waals surface area contributed by atoms with Gasteiger partial charge in [0.2, 0.25) is 5.91 Å². The molecule has 6 nitrogen and oxygen atoms in total. The molecule has 1 aromatic carbocycles. The first-order valence-electron chi connectivity index (χ1n) is 10.1. The number of nitrogens with one attached hydrogen (secondary N) is 1. The second-order valence-electron chi connectivity index (χ2n) is 8.43. The van der Waals surface area contributed by atoms with Crippen LogP contribution in [0.4, 0.5) is 0 Å². The van der Waals surface area contributed by atoms with Gasteiger partial charge in [-0.1, -0.05) is 18.6 Å². The summed E-state index contributed by atoms with van der Waals surface area (Å²) in [6.45, 7) is 1.82. The molecule has 0 radical (unpaired) electrons. The molecule has 2 aromatic rings. The van der Waals surface area contributed by atoms with Crippen LogP contribution in [0.2, 0.25) is 0 Å². The highest BCUT2D eigenvalue weighted by molar-refractivity contribution is 5.89. The number of carboxylic acid groups (broad SMARTS) is 1. The Morgan fingerprint density at radius 1 is 1.31 bits per heavy atom. The van der Waals surface area contributed by atoms with E-state index >= 15 is 0 Å². The van der Waals surface area contributed by atoms with Crippen molar-refractivity contribution in [3.8, 4) is 5.75 Å². The van der Waals surface area contributed by atoms with Crippen LogP contribution in [0, 0.1) is 24.2 Å². The molecule has 2 aliphatic rings. The van der Waals surface area contributed by atoms with Gasteiger partial charge in [0, 0.05) is 0 Å². The maximum Gasteiger partial charge on any atom is 0.339 e. The number of hydrogen-bond donors (Lipinski definition) is 2. The summed E-state index contributed by atoms with van der Waals surface area (Å²) in [6.07, 6.45) is 5.00. The van der Waals surface area contributed by atoms with Crippen LogP contribution in [-0.4, -0.2) is 24.1 Å². The van der Waals surface area contributed by atoms with Crippen LogP contribution < -0.4 is 10.1 Å². The normalized spacial score (nSPS) is 25.2. The SMILES string of the molecule is COc1cccc(CC2(C(=O)NCc3cc(C(=O)O)c(C)o3)CC3CCC2C3)c1. The van der Waals surface area contributed by atoms with Crippen molar-refractivity contribution in [3.05, 3.63) is 53.0 Å². The number of carbonyl (C=O) groups is 2. The first kappa shape index (κ1) is 19.6. The highest BCUT2D eigenvalue weighted by atomic mass is 16.5. The summed E-state index contributed by atoms with van der Waals surface area (Å²) in [4.78, 5) is 24.6. The molecule has 0 saturated heterocycles. The Morgan fingerprint density at radius 3 is 2.76 bits per heavy atom. The Bertz CT molecular complexity index is 933. The van der Waals surface area contributed by atoms with Crippen molar-refractivity contribution in [3.63, 3.8) is 0 Å². The van der Waals surface area contributed by atoms with E-state index in [4.69, 9.17) is 9.15 Å². The van der Waals surface area contributed by atoms with E-state index in [-0.39, 0.29) is 18.0 Å². The summed E-state index contributed by atoms with van der Waals surface area (Å²) in [6, 6.07) is 9.43. The first-order valence-corrected chi connectivity index (χ1v) is 10.1. The number of carbonyl (C=O) groups excluding carboxylic acids is 1. The van der Waals surface area contributed by atoms with Crippen molar-refractivity contribution in [2.24, 2.45) is 17.3 Å². The number of amides is 1. The van der Waals surface area contributed by atoms with E-state index in [1.807, 2.05) is 18.2 Å². The number of furan rings is 1. The minimum atomic E-state index is -1.02. The Morgan fingerprint density at radius 2 is 2.14 bits per heavy atom. The van der Waals surface area contributed by atoms with Crippen molar-refractivity contribution in [2.75, 3.05) is 7.11 Å². The lowest BCUT2D eigenvalue weighted by Crippen LogP contribution is -2.45. The fourth-order valence-corrected chi connectivity index (χ4v) is 5.35. The molecular weight excluding hydrogens is 370 g/mol. The Balaban J connectivity index is 1.53. The summed E-state index contributed by atoms with van der Waals surface area (Å²) in [5.74, 6) is 1.63. The number of fused-ring (bicyclic) bond motifs is 2. The predicted octanol–water partition coefficient (Wildman–Crippen LogP) is 3.96. The highest BCUT2D eigenvalue weighted by Crippen LogP contribution is 2.57. The summed E-state index contributed by atoms with van der Waals surface area (Å²) in [5, 5.41) is 12.2. The smallest absolute Gasteiger partial charge is 0.339 e. The number of rotatable bonds is 7. The molecule has 3 atom stereocenters. The van der Waals surface area contributed by atoms with Gasteiger partial charge in [-0.25, -0.2) is 4.79 Å². The fraction of sp³-hybridized carbons (Fsp3) is 0.478. The number of ether oxygens (including phenoxy) is 1. The van der Waals surface area contributed by atoms with Crippen molar-refractivity contribution >= 4 is 11.9 Å². The summed E-state index contributed by atoms with van der Waals surface area (Å²) >= 11 is 0. The van der Waals surface area contributed by atoms with Crippen LogP contribution in [0.1, 0.15) is 53.1 Å². The molecule has 2 bridgehead atoms. The van der Waals surface area contributed by atoms with Gasteiger partial charge in [0.25, 0.3) is 0 Å². The van der Waals surface area contributed by atoms with Gasteiger partial charge in [-0.2, -0.15) is 0 Å². The van der Waals surface area contributed by atoms with Gasteiger partial charge < -0.3 is 19.6 Å². The molecule has 0 aliphatic heterocycles. The maximum atomic E-state index is 13.4. The zero-order valence-corrected chi connectivity index (χ0v) is 16.9. The van der Waals surface area contributed by atoms with Crippen LogP contribution >= 0.6 is 0 Å². The minimum Gasteiger partial charge on any atom is -0.497 e. The quantitative estimate of drug-likeness (QED) is 0.738. The van der Waals surface area contributed by atoms with Gasteiger partial charge in [-0.3, -0.25) is 4.79 Å². The number of carboxylic acids is 1. The molecule has 1 aromatic heterocycles. The van der Waals surface area contributed by atoms with E-state index in [9.17, 15) is 14.7 Å². The average Bonchev–Trinajstić information content (AvgIpc) is 3.41. The lowest BCUT2D eigenvalue weighted by molar-refractivity contribution is -0.134. The first-order chi connectivity index (χ1) is 13.9. The highest BCUT2D eigenvalue weighted by Gasteiger charge is 2.55. The Labute approximate surface area is 170 Å². The van der Waals surface area contributed by atoms with Gasteiger partial charge in [0.05, 0.1) is 19.1 Å². The van der Waals surface area contributed by atoms with E-state index in [1.54, 1.807) is 14.0 Å². The van der Waals surface area contributed by atoms with Crippen LogP contribution in [0.25, 0.3) is 0 Å². The third kappa shape index (κ3) is 3.63. The third-order valence-corrected chi connectivity index (χ3v) is 6.70. The molecule has 1 heterocycles. The van der Waals surface area contributed by atoms with Crippen molar-refractivity contribution in [1.82, 2.24) is 5.32 Å². The lowest BCUT2D eigenvalue weighted by Gasteiger charge is -2.36. The van der Waals surface area contributed by atoms with Crippen LogP contribution in [-0.2, 0) is 17.8 Å². The van der Waals surface area contributed by atoms with Gasteiger partial charge >= 0.3 is 5.97 Å². The lowest BCUT2D eigenvalue weighted by atomic mass is 9.68. The van der Waals surface area contributed by atoms with Crippen molar-refractivity contribution in [1.29, 1.82) is 0 Å². The van der Waals surface area contributed by atoms with E-state index in [2.05, 4.69) is 11.4 Å². The van der Waals surface area contributed by atoms with Crippen molar-refractivity contribution in [2.45, 2.75) is 45.6 Å². The van der Waals surface area contributed by atoms with Crippen molar-refractivity contribution < 1.29 is 23.8 Å². The van der Waals surface area contributed by atoms with Crippen LogP contribution in [0.15, 0.2) is 34.7 Å². The molecule has 2 saturated carbocycles. The minimum absolute atomic E-state index is 0.0402. The zero-order valence-electron chi connectivity index (χ0n) is 16.9. The molecule has 2 N–H and O–H groups in total. The topological polar surface area (TPSA) is 88.8 Å². The molecule has 2 fully saturated rings. The monoisotopic (exact) mass is 397 g/mol. The van der Waals surface area contributed by atoms with Gasteiger partial charge in [0.1, 0.15) is 22.8 Å². The maximum absolute atomic E-state index is 13.4. The molecule has 6 heteroatoms. The molecule has 2 aliphatic carbocycles. The summed E-state index contributed by atoms with van der Waals surface area (Å²) in [7, 11) is 1.65. The molecular formula is C23H27NO5. The van der Waals surface area contributed by atoms with E-state index in [1.165, 1.54) is 12.5 Å². The van der Waals surface area contributed by atoms with E-state index < -0.39 is 11.4 Å². The number of benzene rings is 1. The zero-order chi connectivity index (χ0) is 20.6. The van der Waals surface area contributed by atoms with Gasteiger partial charge in [0.15, 0.2) is 0 Å². The third-order valence-electron chi connectivity index (χ3n) is 6.70. The van der Waals surface area contributed by atoms with Crippen LogP contribution in [0.3, 0.4) is 0 Å². The second-order valence-corrected chi connectivity index (χ2v) is 8.43. The standard InChI is InChI=1S/C23H27NO5/c1-14-20(21(25)26)10-19(29-14)13-24-22(27)23(12-16-6-7-17(23)8-16)11-15-4-3-5-18(9-15)28-2/h3-5,9-10,16-17H,6-8,11-13H2,1-2H3,(H,24,27)(H,25,26). The Hall–Kier alpha value is -2.76. The number of methoxy groups -OCH3 is 1. The largest absolute Gasteiger partial charge is 0.497 e. The second kappa shape index (κ2) is 7.58. The molecule has 1 amide bonds. The number of aryl methyl sites for hydroxylation is 1. The molecule has 0 spiro atoms. The van der Waals surface area contributed by atoms with Gasteiger partial charge in [-0.05, 0) is 68.2 Å². The summed E-state index contributed by atoms with van der Waals surface area (Å²) in [5.41, 5.74) is 0.821. The average molecular weight is 397 g/mol. The molecule has 4 rings (SSSR count). The fourth-order valence-electron chi connectivity index (χ4n) is 5.35. The van der Waals surface area contributed by atoms with Gasteiger partial charge in [-0.15, -0.1) is 0 Å². The Kier molecular flexibility index (Phi) is 5.11. The molecule has 154 valence electrons.